The molecule has 5 heteroatoms. The van der Waals surface area contributed by atoms with Crippen LogP contribution in [0.15, 0.2) is 0 Å². The first kappa shape index (κ1) is 16.6. The molecule has 1 aromatic rings. The van der Waals surface area contributed by atoms with E-state index in [1.165, 1.54) is 15.6 Å². The van der Waals surface area contributed by atoms with E-state index in [1.807, 2.05) is 11.3 Å². The lowest BCUT2D eigenvalue weighted by Gasteiger charge is -2.00. The van der Waals surface area contributed by atoms with Crippen molar-refractivity contribution < 1.29 is 9.47 Å². The Balaban J connectivity index is 2.44. The number of hydrogen-bond acceptors (Lipinski definition) is 5. The zero-order valence-electron chi connectivity index (χ0n) is 12.3. The van der Waals surface area contributed by atoms with Crippen LogP contribution >= 0.6 is 11.3 Å². The molecule has 0 unspecified atom stereocenters. The summed E-state index contributed by atoms with van der Waals surface area (Å²) in [5, 5.41) is 4.57. The molecule has 4 nitrogen and oxygen atoms in total. The lowest BCUT2D eigenvalue weighted by Crippen LogP contribution is -2.11. The van der Waals surface area contributed by atoms with Gasteiger partial charge in [0.2, 0.25) is 0 Å². The van der Waals surface area contributed by atoms with Gasteiger partial charge in [-0.25, -0.2) is 4.98 Å². The van der Waals surface area contributed by atoms with Crippen LogP contribution in [0.1, 0.15) is 35.8 Å². The maximum absolute atomic E-state index is 5.49. The number of hydrogen-bond donors (Lipinski definition) is 1. The number of aromatic nitrogens is 1. The zero-order chi connectivity index (χ0) is 13.9. The van der Waals surface area contributed by atoms with Crippen molar-refractivity contribution in [3.05, 3.63) is 15.6 Å². The maximum Gasteiger partial charge on any atom is 0.0954 e. The molecule has 19 heavy (non-hydrogen) atoms. The van der Waals surface area contributed by atoms with Gasteiger partial charge in [0.15, 0.2) is 0 Å². The number of ether oxygens (including phenoxy) is 2. The van der Waals surface area contributed by atoms with E-state index in [2.05, 4.69) is 19.2 Å². The van der Waals surface area contributed by atoms with Crippen molar-refractivity contribution >= 4 is 11.3 Å². The van der Waals surface area contributed by atoms with Gasteiger partial charge < -0.3 is 14.8 Å². The van der Waals surface area contributed by atoms with Gasteiger partial charge in [0, 0.05) is 25.0 Å². The van der Waals surface area contributed by atoms with Crippen LogP contribution in [0, 0.1) is 0 Å². The number of nitrogens with zero attached hydrogens (tertiary/aromatic N) is 1. The molecule has 1 N–H and O–H groups in total. The molecule has 0 aliphatic carbocycles. The van der Waals surface area contributed by atoms with Crippen molar-refractivity contribution in [3.63, 3.8) is 0 Å². The summed E-state index contributed by atoms with van der Waals surface area (Å²) < 4.78 is 10.4. The second-order valence-electron chi connectivity index (χ2n) is 4.36. The monoisotopic (exact) mass is 286 g/mol. The van der Waals surface area contributed by atoms with Crippen LogP contribution in [-0.4, -0.2) is 38.5 Å². The third kappa shape index (κ3) is 6.47. The van der Waals surface area contributed by atoms with E-state index in [-0.39, 0.29) is 0 Å². The van der Waals surface area contributed by atoms with Crippen LogP contribution in [-0.2, 0) is 28.9 Å². The Morgan fingerprint density at radius 1 is 1.16 bits per heavy atom. The molecule has 0 aliphatic heterocycles. The molecule has 0 spiro atoms. The topological polar surface area (TPSA) is 43.4 Å². The molecule has 1 rings (SSSR count). The minimum absolute atomic E-state index is 0.657. The summed E-state index contributed by atoms with van der Waals surface area (Å²) >= 11 is 1.82. The highest BCUT2D eigenvalue weighted by atomic mass is 32.1. The van der Waals surface area contributed by atoms with E-state index in [1.54, 1.807) is 7.11 Å². The fraction of sp³-hybridized carbons (Fsp3) is 0.786. The standard InChI is InChI=1S/C14H26N2O2S/c1-4-6-12-13(11-15-5-2)19-14(16-12)7-8-18-10-9-17-3/h15H,4-11H2,1-3H3. The van der Waals surface area contributed by atoms with Gasteiger partial charge in [-0.05, 0) is 13.0 Å². The van der Waals surface area contributed by atoms with E-state index in [4.69, 9.17) is 14.5 Å². The predicted molar refractivity (Wildman–Crippen MR) is 79.9 cm³/mol. The van der Waals surface area contributed by atoms with Crippen molar-refractivity contribution in [2.45, 2.75) is 39.7 Å². The van der Waals surface area contributed by atoms with E-state index >= 15 is 0 Å². The largest absolute Gasteiger partial charge is 0.382 e. The van der Waals surface area contributed by atoms with Gasteiger partial charge in [-0.3, -0.25) is 0 Å². The Labute approximate surface area is 120 Å². The third-order valence-corrected chi connectivity index (χ3v) is 3.89. The van der Waals surface area contributed by atoms with E-state index in [9.17, 15) is 0 Å². The van der Waals surface area contributed by atoms with Crippen LogP contribution in [0.4, 0.5) is 0 Å². The molecule has 0 radical (unpaired) electrons. The third-order valence-electron chi connectivity index (χ3n) is 2.74. The molecular weight excluding hydrogens is 260 g/mol. The van der Waals surface area contributed by atoms with Crippen molar-refractivity contribution in [1.29, 1.82) is 0 Å². The Morgan fingerprint density at radius 3 is 2.68 bits per heavy atom. The number of rotatable bonds is 11. The fourth-order valence-electron chi connectivity index (χ4n) is 1.76. The highest BCUT2D eigenvalue weighted by Crippen LogP contribution is 2.20. The van der Waals surface area contributed by atoms with Gasteiger partial charge in [-0.15, -0.1) is 11.3 Å². The molecule has 0 amide bonds. The second-order valence-corrected chi connectivity index (χ2v) is 5.53. The summed E-state index contributed by atoms with van der Waals surface area (Å²) in [7, 11) is 1.69. The molecule has 0 saturated heterocycles. The smallest absolute Gasteiger partial charge is 0.0954 e. The van der Waals surface area contributed by atoms with Crippen LogP contribution < -0.4 is 5.32 Å². The Kier molecular flexibility index (Phi) is 8.99. The Morgan fingerprint density at radius 2 is 2.00 bits per heavy atom. The second kappa shape index (κ2) is 10.3. The average molecular weight is 286 g/mol. The summed E-state index contributed by atoms with van der Waals surface area (Å²) in [6.07, 6.45) is 3.12. The van der Waals surface area contributed by atoms with Gasteiger partial charge in [0.05, 0.1) is 30.5 Å². The molecular formula is C14H26N2O2S. The molecule has 0 aromatic carbocycles. The van der Waals surface area contributed by atoms with Crippen molar-refractivity contribution in [2.24, 2.45) is 0 Å². The molecule has 0 saturated carbocycles. The van der Waals surface area contributed by atoms with Gasteiger partial charge in [0.25, 0.3) is 0 Å². The average Bonchev–Trinajstić information content (AvgIpc) is 2.79. The summed E-state index contributed by atoms with van der Waals surface area (Å²) in [5.41, 5.74) is 1.26. The van der Waals surface area contributed by atoms with Crippen molar-refractivity contribution in [3.8, 4) is 0 Å². The quantitative estimate of drug-likeness (QED) is 0.634. The molecule has 1 aromatic heterocycles. The first-order chi connectivity index (χ1) is 9.31. The van der Waals surface area contributed by atoms with Gasteiger partial charge in [-0.2, -0.15) is 0 Å². The summed E-state index contributed by atoms with van der Waals surface area (Å²) in [6, 6.07) is 0. The number of aryl methyl sites for hydroxylation is 1. The number of methoxy groups -OCH3 is 1. The summed E-state index contributed by atoms with van der Waals surface area (Å²) in [6.45, 7) is 8.31. The first-order valence-electron chi connectivity index (χ1n) is 7.06. The van der Waals surface area contributed by atoms with Gasteiger partial charge in [0.1, 0.15) is 0 Å². The lowest BCUT2D eigenvalue weighted by molar-refractivity contribution is 0.0722. The van der Waals surface area contributed by atoms with Crippen LogP contribution in [0.5, 0.6) is 0 Å². The van der Waals surface area contributed by atoms with Crippen LogP contribution in [0.2, 0.25) is 0 Å². The minimum atomic E-state index is 0.657. The molecule has 0 atom stereocenters. The highest BCUT2D eigenvalue weighted by molar-refractivity contribution is 7.11. The van der Waals surface area contributed by atoms with Gasteiger partial charge >= 0.3 is 0 Å². The van der Waals surface area contributed by atoms with Crippen molar-refractivity contribution in [2.75, 3.05) is 33.5 Å². The lowest BCUT2D eigenvalue weighted by atomic mass is 10.2. The SMILES string of the molecule is CCCc1nc(CCOCCOC)sc1CNCC. The van der Waals surface area contributed by atoms with Crippen LogP contribution in [0.25, 0.3) is 0 Å². The Bertz CT molecular complexity index is 342. The fourth-order valence-corrected chi connectivity index (χ4v) is 2.82. The number of thiazole rings is 1. The maximum atomic E-state index is 5.49. The number of nitrogens with one attached hydrogen (secondary N) is 1. The zero-order valence-corrected chi connectivity index (χ0v) is 13.1. The first-order valence-corrected chi connectivity index (χ1v) is 7.88. The minimum Gasteiger partial charge on any atom is -0.382 e. The van der Waals surface area contributed by atoms with E-state index in [0.717, 1.165) is 39.0 Å². The predicted octanol–water partition coefficient (Wildman–Crippen LogP) is 2.41. The van der Waals surface area contributed by atoms with Crippen molar-refractivity contribution in [1.82, 2.24) is 10.3 Å². The molecule has 0 aliphatic rings. The molecule has 110 valence electrons. The molecule has 0 fully saturated rings. The highest BCUT2D eigenvalue weighted by Gasteiger charge is 2.10. The van der Waals surface area contributed by atoms with E-state index < -0.39 is 0 Å². The van der Waals surface area contributed by atoms with E-state index in [0.29, 0.717) is 13.2 Å². The van der Waals surface area contributed by atoms with Gasteiger partial charge in [-0.1, -0.05) is 20.3 Å². The summed E-state index contributed by atoms with van der Waals surface area (Å²) in [4.78, 5) is 6.12. The summed E-state index contributed by atoms with van der Waals surface area (Å²) in [5.74, 6) is 0. The molecule has 1 heterocycles. The normalized spacial score (nSPS) is 11.1. The molecule has 0 bridgehead atoms. The van der Waals surface area contributed by atoms with Crippen LogP contribution in [0.3, 0.4) is 0 Å². The Hall–Kier alpha value is -0.490.